The SMILES string of the molecule is C/C=C\C(=C/C)CCCCCCCC. The van der Waals surface area contributed by atoms with Crippen molar-refractivity contribution in [1.29, 1.82) is 0 Å². The van der Waals surface area contributed by atoms with Gasteiger partial charge >= 0.3 is 0 Å². The number of hydrogen-bond donors (Lipinski definition) is 0. The lowest BCUT2D eigenvalue weighted by Crippen LogP contribution is -1.82. The second-order valence-corrected chi connectivity index (χ2v) is 3.88. The molecule has 0 radical (unpaired) electrons. The molecule has 0 aromatic heterocycles. The molecule has 0 rings (SSSR count). The van der Waals surface area contributed by atoms with Crippen LogP contribution in [0.25, 0.3) is 0 Å². The van der Waals surface area contributed by atoms with Crippen LogP contribution in [0, 0.1) is 0 Å². The van der Waals surface area contributed by atoms with Crippen molar-refractivity contribution in [1.82, 2.24) is 0 Å². The Hall–Kier alpha value is -0.520. The van der Waals surface area contributed by atoms with Crippen LogP contribution in [0.15, 0.2) is 23.8 Å². The highest BCUT2D eigenvalue weighted by Gasteiger charge is 1.92. The summed E-state index contributed by atoms with van der Waals surface area (Å²) in [5.41, 5.74) is 1.49. The van der Waals surface area contributed by atoms with Crippen molar-refractivity contribution in [3.05, 3.63) is 23.8 Å². The summed E-state index contributed by atoms with van der Waals surface area (Å²) in [4.78, 5) is 0. The zero-order valence-electron chi connectivity index (χ0n) is 10.2. The Morgan fingerprint density at radius 2 is 1.57 bits per heavy atom. The predicted octanol–water partition coefficient (Wildman–Crippen LogP) is 5.26. The molecule has 82 valence electrons. The summed E-state index contributed by atoms with van der Waals surface area (Å²) >= 11 is 0. The van der Waals surface area contributed by atoms with Crippen molar-refractivity contribution in [3.63, 3.8) is 0 Å². The first-order valence-corrected chi connectivity index (χ1v) is 6.13. The lowest BCUT2D eigenvalue weighted by Gasteiger charge is -2.01. The van der Waals surface area contributed by atoms with Crippen LogP contribution >= 0.6 is 0 Å². The van der Waals surface area contributed by atoms with Gasteiger partial charge in [-0.25, -0.2) is 0 Å². The van der Waals surface area contributed by atoms with Crippen molar-refractivity contribution in [2.75, 3.05) is 0 Å². The lowest BCUT2D eigenvalue weighted by atomic mass is 10.0. The van der Waals surface area contributed by atoms with Gasteiger partial charge in [0, 0.05) is 0 Å². The van der Waals surface area contributed by atoms with Gasteiger partial charge in [0.2, 0.25) is 0 Å². The Morgan fingerprint density at radius 3 is 2.14 bits per heavy atom. The maximum Gasteiger partial charge on any atom is -0.0282 e. The van der Waals surface area contributed by atoms with Crippen molar-refractivity contribution >= 4 is 0 Å². The minimum atomic E-state index is 1.26. The van der Waals surface area contributed by atoms with Crippen molar-refractivity contribution < 1.29 is 0 Å². The average Bonchev–Trinajstić information content (AvgIpc) is 2.21. The molecule has 0 amide bonds. The van der Waals surface area contributed by atoms with Crippen molar-refractivity contribution in [2.24, 2.45) is 0 Å². The van der Waals surface area contributed by atoms with Crippen LogP contribution < -0.4 is 0 Å². The van der Waals surface area contributed by atoms with E-state index in [2.05, 4.69) is 39.0 Å². The van der Waals surface area contributed by atoms with Crippen LogP contribution in [0.1, 0.15) is 65.7 Å². The predicted molar refractivity (Wildman–Crippen MR) is 66.6 cm³/mol. The third kappa shape index (κ3) is 8.10. The standard InChI is InChI=1S/C14H26/c1-4-7-8-9-10-11-13-14(6-3)12-5-2/h5-6,12H,4,7-11,13H2,1-3H3/b12-5-,14-6+. The molecule has 0 aromatic carbocycles. The van der Waals surface area contributed by atoms with Crippen LogP contribution in [0.2, 0.25) is 0 Å². The number of hydrogen-bond acceptors (Lipinski definition) is 0. The monoisotopic (exact) mass is 194 g/mol. The third-order valence-electron chi connectivity index (χ3n) is 2.57. The van der Waals surface area contributed by atoms with Gasteiger partial charge in [-0.15, -0.1) is 0 Å². The van der Waals surface area contributed by atoms with E-state index in [4.69, 9.17) is 0 Å². The lowest BCUT2D eigenvalue weighted by molar-refractivity contribution is 0.608. The van der Waals surface area contributed by atoms with E-state index in [9.17, 15) is 0 Å². The fourth-order valence-corrected chi connectivity index (χ4v) is 1.65. The fraction of sp³-hybridized carbons (Fsp3) is 0.714. The summed E-state index contributed by atoms with van der Waals surface area (Å²) < 4.78 is 0. The summed E-state index contributed by atoms with van der Waals surface area (Å²) in [7, 11) is 0. The van der Waals surface area contributed by atoms with E-state index >= 15 is 0 Å². The van der Waals surface area contributed by atoms with Crippen LogP contribution in [0.5, 0.6) is 0 Å². The molecule has 0 nitrogen and oxygen atoms in total. The zero-order chi connectivity index (χ0) is 10.6. The molecule has 0 saturated carbocycles. The smallest absolute Gasteiger partial charge is 0.0282 e. The Morgan fingerprint density at radius 1 is 0.929 bits per heavy atom. The molecule has 0 unspecified atom stereocenters. The maximum atomic E-state index is 2.27. The topological polar surface area (TPSA) is 0 Å². The first kappa shape index (κ1) is 13.5. The number of rotatable bonds is 8. The maximum absolute atomic E-state index is 2.27. The quantitative estimate of drug-likeness (QED) is 0.365. The van der Waals surface area contributed by atoms with Gasteiger partial charge in [0.1, 0.15) is 0 Å². The van der Waals surface area contributed by atoms with Gasteiger partial charge in [-0.05, 0) is 26.7 Å². The summed E-state index contributed by atoms with van der Waals surface area (Å²) in [6.45, 7) is 6.49. The van der Waals surface area contributed by atoms with Crippen LogP contribution in [-0.4, -0.2) is 0 Å². The van der Waals surface area contributed by atoms with E-state index in [0.717, 1.165) is 0 Å². The molecular formula is C14H26. The molecule has 14 heavy (non-hydrogen) atoms. The van der Waals surface area contributed by atoms with E-state index in [-0.39, 0.29) is 0 Å². The first-order chi connectivity index (χ1) is 6.85. The molecule has 0 heterocycles. The summed E-state index contributed by atoms with van der Waals surface area (Å²) in [6.07, 6.45) is 16.2. The van der Waals surface area contributed by atoms with Crippen LogP contribution in [0.3, 0.4) is 0 Å². The normalized spacial score (nSPS) is 12.6. The zero-order valence-corrected chi connectivity index (χ0v) is 10.2. The minimum Gasteiger partial charge on any atom is -0.0874 e. The van der Waals surface area contributed by atoms with E-state index in [1.165, 1.54) is 50.5 Å². The van der Waals surface area contributed by atoms with Gasteiger partial charge in [-0.2, -0.15) is 0 Å². The summed E-state index contributed by atoms with van der Waals surface area (Å²) in [5, 5.41) is 0. The molecule has 0 atom stereocenters. The Balaban J connectivity index is 3.34. The molecule has 0 spiro atoms. The first-order valence-electron chi connectivity index (χ1n) is 6.13. The fourth-order valence-electron chi connectivity index (χ4n) is 1.65. The highest BCUT2D eigenvalue weighted by atomic mass is 14.0. The second kappa shape index (κ2) is 10.6. The van der Waals surface area contributed by atoms with E-state index < -0.39 is 0 Å². The summed E-state index contributed by atoms with van der Waals surface area (Å²) in [6, 6.07) is 0. The second-order valence-electron chi connectivity index (χ2n) is 3.88. The molecule has 0 saturated heterocycles. The summed E-state index contributed by atoms with van der Waals surface area (Å²) in [5.74, 6) is 0. The minimum absolute atomic E-state index is 1.26. The van der Waals surface area contributed by atoms with Gasteiger partial charge in [0.05, 0.1) is 0 Å². The number of allylic oxidation sites excluding steroid dienone is 4. The van der Waals surface area contributed by atoms with Crippen LogP contribution in [-0.2, 0) is 0 Å². The molecule has 0 heteroatoms. The van der Waals surface area contributed by atoms with Gasteiger partial charge in [0.25, 0.3) is 0 Å². The number of unbranched alkanes of at least 4 members (excludes halogenated alkanes) is 5. The van der Waals surface area contributed by atoms with Crippen molar-refractivity contribution in [2.45, 2.75) is 65.7 Å². The van der Waals surface area contributed by atoms with E-state index in [1.54, 1.807) is 0 Å². The Bertz CT molecular complexity index is 163. The largest absolute Gasteiger partial charge is 0.0874 e. The highest BCUT2D eigenvalue weighted by Crippen LogP contribution is 2.12. The molecule has 0 aliphatic rings. The molecule has 0 fully saturated rings. The Labute approximate surface area is 90.1 Å². The van der Waals surface area contributed by atoms with Gasteiger partial charge in [-0.3, -0.25) is 0 Å². The molecule has 0 aliphatic heterocycles. The van der Waals surface area contributed by atoms with E-state index in [0.29, 0.717) is 0 Å². The molecule has 0 aliphatic carbocycles. The third-order valence-corrected chi connectivity index (χ3v) is 2.57. The van der Waals surface area contributed by atoms with Gasteiger partial charge in [0.15, 0.2) is 0 Å². The van der Waals surface area contributed by atoms with Crippen molar-refractivity contribution in [3.8, 4) is 0 Å². The molecule has 0 bridgehead atoms. The molecule has 0 N–H and O–H groups in total. The van der Waals surface area contributed by atoms with Gasteiger partial charge < -0.3 is 0 Å². The van der Waals surface area contributed by atoms with Gasteiger partial charge in [-0.1, -0.05) is 62.8 Å². The van der Waals surface area contributed by atoms with E-state index in [1.807, 2.05) is 0 Å². The Kier molecular flexibility index (Phi) is 10.2. The molecular weight excluding hydrogens is 168 g/mol. The molecule has 0 aromatic rings. The highest BCUT2D eigenvalue weighted by molar-refractivity contribution is 5.16. The van der Waals surface area contributed by atoms with Crippen LogP contribution in [0.4, 0.5) is 0 Å². The average molecular weight is 194 g/mol.